The molecule has 0 heterocycles. The Kier molecular flexibility index (Phi) is 4.37. The molecule has 0 aliphatic carbocycles. The number of hydrogen-bond donors (Lipinski definition) is 0. The Balaban J connectivity index is 2.46. The minimum absolute atomic E-state index is 1.15. The SMILES string of the molecule is CCP(CC)(c1ccccc1)(c1ccccc1)c1ccccc1. The predicted octanol–water partition coefficient (Wildman–Crippen LogP) is 4.56. The van der Waals surface area contributed by atoms with Crippen LogP contribution in [0.4, 0.5) is 0 Å². The van der Waals surface area contributed by atoms with Crippen molar-refractivity contribution < 1.29 is 0 Å². The Morgan fingerprint density at radius 1 is 0.478 bits per heavy atom. The Morgan fingerprint density at radius 2 is 0.739 bits per heavy atom. The molecule has 0 radical (unpaired) electrons. The van der Waals surface area contributed by atoms with E-state index < -0.39 is 6.60 Å². The third-order valence-electron chi connectivity index (χ3n) is 5.53. The first-order chi connectivity index (χ1) is 11.3. The van der Waals surface area contributed by atoms with E-state index >= 15 is 0 Å². The summed E-state index contributed by atoms with van der Waals surface area (Å²) in [4.78, 5) is 0. The van der Waals surface area contributed by atoms with E-state index in [9.17, 15) is 0 Å². The fraction of sp³-hybridized carbons (Fsp3) is 0.182. The predicted molar refractivity (Wildman–Crippen MR) is 106 cm³/mol. The van der Waals surface area contributed by atoms with Gasteiger partial charge in [-0.1, -0.05) is 0 Å². The molecule has 1 heteroatoms. The topological polar surface area (TPSA) is 0 Å². The maximum absolute atomic E-state index is 2.43. The molecule has 0 aromatic heterocycles. The summed E-state index contributed by atoms with van der Waals surface area (Å²) in [5.41, 5.74) is 0. The molecule has 23 heavy (non-hydrogen) atoms. The van der Waals surface area contributed by atoms with Crippen LogP contribution in [0.25, 0.3) is 0 Å². The van der Waals surface area contributed by atoms with Crippen molar-refractivity contribution in [2.45, 2.75) is 13.8 Å². The monoisotopic (exact) mass is 320 g/mol. The van der Waals surface area contributed by atoms with E-state index in [1.165, 1.54) is 15.9 Å². The van der Waals surface area contributed by atoms with E-state index in [1.807, 2.05) is 0 Å². The zero-order chi connectivity index (χ0) is 16.2. The van der Waals surface area contributed by atoms with Gasteiger partial charge >= 0.3 is 140 Å². The molecule has 0 fully saturated rings. The van der Waals surface area contributed by atoms with Crippen LogP contribution in [0.3, 0.4) is 0 Å². The molecular weight excluding hydrogens is 295 g/mol. The van der Waals surface area contributed by atoms with Crippen molar-refractivity contribution in [2.24, 2.45) is 0 Å². The number of benzene rings is 3. The van der Waals surface area contributed by atoms with Gasteiger partial charge in [-0.05, 0) is 0 Å². The summed E-state index contributed by atoms with van der Waals surface area (Å²) in [5.74, 6) is 0. The van der Waals surface area contributed by atoms with Crippen LogP contribution < -0.4 is 15.9 Å². The van der Waals surface area contributed by atoms with Gasteiger partial charge in [0, 0.05) is 0 Å². The molecule has 0 bridgehead atoms. The molecule has 0 saturated heterocycles. The summed E-state index contributed by atoms with van der Waals surface area (Å²) in [7, 11) is 0. The molecule has 3 aromatic rings. The zero-order valence-corrected chi connectivity index (χ0v) is 14.9. The van der Waals surface area contributed by atoms with Gasteiger partial charge in [-0.3, -0.25) is 0 Å². The van der Waals surface area contributed by atoms with E-state index in [1.54, 1.807) is 0 Å². The van der Waals surface area contributed by atoms with Crippen molar-refractivity contribution in [3.05, 3.63) is 91.0 Å². The summed E-state index contributed by atoms with van der Waals surface area (Å²) < 4.78 is 0. The van der Waals surface area contributed by atoms with Crippen molar-refractivity contribution in [1.82, 2.24) is 0 Å². The van der Waals surface area contributed by atoms with E-state index in [0.29, 0.717) is 0 Å². The van der Waals surface area contributed by atoms with Gasteiger partial charge in [0.25, 0.3) is 0 Å². The van der Waals surface area contributed by atoms with Crippen LogP contribution in [-0.2, 0) is 0 Å². The Hall–Kier alpha value is -1.91. The molecule has 0 unspecified atom stereocenters. The standard InChI is InChI=1S/C22H25P/c1-3-23(4-2,20-14-8-5-9-15-20,21-16-10-6-11-17-21)22-18-12-7-13-19-22/h5-19H,3-4H2,1-2H3. The first kappa shape index (κ1) is 16.0. The van der Waals surface area contributed by atoms with E-state index in [2.05, 4.69) is 105 Å². The van der Waals surface area contributed by atoms with Crippen LogP contribution in [0.15, 0.2) is 91.0 Å². The van der Waals surface area contributed by atoms with Crippen LogP contribution in [-0.4, -0.2) is 12.3 Å². The molecule has 3 aromatic carbocycles. The van der Waals surface area contributed by atoms with E-state index in [0.717, 1.165) is 12.3 Å². The molecule has 0 spiro atoms. The van der Waals surface area contributed by atoms with Crippen molar-refractivity contribution in [3.8, 4) is 0 Å². The van der Waals surface area contributed by atoms with E-state index in [-0.39, 0.29) is 0 Å². The Bertz CT molecular complexity index is 640. The average Bonchev–Trinajstić information content (AvgIpc) is 2.67. The van der Waals surface area contributed by atoms with Crippen LogP contribution in [0, 0.1) is 0 Å². The van der Waals surface area contributed by atoms with Crippen molar-refractivity contribution in [1.29, 1.82) is 0 Å². The third kappa shape index (κ3) is 2.25. The molecule has 118 valence electrons. The van der Waals surface area contributed by atoms with Gasteiger partial charge in [-0.2, -0.15) is 0 Å². The molecule has 0 atom stereocenters. The quantitative estimate of drug-likeness (QED) is 0.605. The maximum atomic E-state index is 2.37. The van der Waals surface area contributed by atoms with Gasteiger partial charge in [0.15, 0.2) is 0 Å². The molecule has 0 nitrogen and oxygen atoms in total. The average molecular weight is 320 g/mol. The molecule has 3 rings (SSSR count). The molecule has 0 saturated carbocycles. The fourth-order valence-electron chi connectivity index (χ4n) is 4.13. The third-order valence-corrected chi connectivity index (χ3v) is 13.0. The van der Waals surface area contributed by atoms with Crippen molar-refractivity contribution in [2.75, 3.05) is 12.3 Å². The number of rotatable bonds is 5. The first-order valence-corrected chi connectivity index (χ1v) is 11.1. The minimum atomic E-state index is -2.43. The van der Waals surface area contributed by atoms with Gasteiger partial charge < -0.3 is 0 Å². The van der Waals surface area contributed by atoms with Crippen LogP contribution in [0.2, 0.25) is 0 Å². The summed E-state index contributed by atoms with van der Waals surface area (Å²) in [6.45, 7) is 2.31. The second kappa shape index (κ2) is 6.30. The first-order valence-electron chi connectivity index (χ1n) is 8.45. The summed E-state index contributed by atoms with van der Waals surface area (Å²) in [5, 5.41) is 4.50. The van der Waals surface area contributed by atoms with Gasteiger partial charge in [0.1, 0.15) is 0 Å². The normalized spacial score (nSPS) is 13.2. The second-order valence-electron chi connectivity index (χ2n) is 6.15. The molecule has 0 N–H and O–H groups in total. The fourth-order valence-corrected chi connectivity index (χ4v) is 10.3. The molecule has 0 aliphatic rings. The van der Waals surface area contributed by atoms with Gasteiger partial charge in [-0.15, -0.1) is 0 Å². The molecule has 0 aliphatic heterocycles. The summed E-state index contributed by atoms with van der Waals surface area (Å²) in [6.07, 6.45) is 2.31. The van der Waals surface area contributed by atoms with Crippen molar-refractivity contribution in [3.63, 3.8) is 0 Å². The number of hydrogen-bond acceptors (Lipinski definition) is 0. The van der Waals surface area contributed by atoms with E-state index in [4.69, 9.17) is 0 Å². The Morgan fingerprint density at radius 3 is 0.957 bits per heavy atom. The van der Waals surface area contributed by atoms with Gasteiger partial charge in [0.2, 0.25) is 0 Å². The van der Waals surface area contributed by atoms with Crippen LogP contribution >= 0.6 is 6.60 Å². The summed E-state index contributed by atoms with van der Waals surface area (Å²) in [6, 6.07) is 33.5. The van der Waals surface area contributed by atoms with Gasteiger partial charge in [0.05, 0.1) is 0 Å². The molecule has 0 amide bonds. The molecular formula is C22H25P. The Labute approximate surface area is 140 Å². The zero-order valence-electron chi connectivity index (χ0n) is 14.0. The van der Waals surface area contributed by atoms with Crippen LogP contribution in [0.5, 0.6) is 0 Å². The van der Waals surface area contributed by atoms with Gasteiger partial charge in [-0.25, -0.2) is 0 Å². The second-order valence-corrected chi connectivity index (χ2v) is 12.0. The van der Waals surface area contributed by atoms with Crippen LogP contribution in [0.1, 0.15) is 13.8 Å². The summed E-state index contributed by atoms with van der Waals surface area (Å²) >= 11 is 0. The van der Waals surface area contributed by atoms with Crippen molar-refractivity contribution >= 4 is 22.5 Å².